The Morgan fingerprint density at radius 3 is 2.53 bits per heavy atom. The summed E-state index contributed by atoms with van der Waals surface area (Å²) in [6, 6.07) is 1.13. The second kappa shape index (κ2) is 7.34. The molecule has 0 saturated carbocycles. The minimum Gasteiger partial charge on any atom is -0.354 e. The molecule has 19 heavy (non-hydrogen) atoms. The third-order valence-corrected chi connectivity index (χ3v) is 3.20. The number of nitrogens with one attached hydrogen (secondary N) is 1. The Balaban J connectivity index is 2.54. The zero-order valence-electron chi connectivity index (χ0n) is 13.0. The molecule has 4 heteroatoms. The highest BCUT2D eigenvalue weighted by molar-refractivity contribution is 5.29. The molecule has 0 aliphatic carbocycles. The van der Waals surface area contributed by atoms with Crippen molar-refractivity contribution in [3.05, 3.63) is 24.5 Å². The zero-order chi connectivity index (χ0) is 14.4. The van der Waals surface area contributed by atoms with E-state index in [1.807, 2.05) is 19.2 Å². The van der Waals surface area contributed by atoms with Crippen LogP contribution in [0.15, 0.2) is 18.9 Å². The zero-order valence-corrected chi connectivity index (χ0v) is 13.0. The first-order chi connectivity index (χ1) is 8.95. The average Bonchev–Trinajstić information content (AvgIpc) is 2.64. The van der Waals surface area contributed by atoms with Crippen LogP contribution in [0, 0.1) is 6.92 Å². The Labute approximate surface area is 117 Å². The van der Waals surface area contributed by atoms with Gasteiger partial charge in [-0.15, -0.1) is 6.58 Å². The Kier molecular flexibility index (Phi) is 6.09. The smallest absolute Gasteiger partial charge is 0.203 e. The minimum absolute atomic E-state index is 0.566. The third-order valence-electron chi connectivity index (χ3n) is 3.20. The lowest BCUT2D eigenvalue weighted by Crippen LogP contribution is -2.40. The summed E-state index contributed by atoms with van der Waals surface area (Å²) in [7, 11) is 0. The maximum atomic E-state index is 4.50. The van der Waals surface area contributed by atoms with Crippen LogP contribution in [0.25, 0.3) is 0 Å². The number of nitrogens with zero attached hydrogens (tertiary/aromatic N) is 3. The van der Waals surface area contributed by atoms with Crippen LogP contribution in [-0.2, 0) is 6.54 Å². The predicted molar refractivity (Wildman–Crippen MR) is 82.6 cm³/mol. The molecule has 0 aliphatic rings. The van der Waals surface area contributed by atoms with E-state index in [0.717, 1.165) is 31.3 Å². The number of aromatic nitrogens is 2. The van der Waals surface area contributed by atoms with E-state index in [-0.39, 0.29) is 0 Å². The van der Waals surface area contributed by atoms with E-state index < -0.39 is 0 Å². The van der Waals surface area contributed by atoms with Gasteiger partial charge in [0.15, 0.2) is 0 Å². The number of aryl methyl sites for hydroxylation is 1. The summed E-state index contributed by atoms with van der Waals surface area (Å²) in [6.45, 7) is 17.5. The van der Waals surface area contributed by atoms with Gasteiger partial charge in [-0.05, 0) is 34.6 Å². The Hall–Kier alpha value is -1.29. The second-order valence-electron chi connectivity index (χ2n) is 5.50. The largest absolute Gasteiger partial charge is 0.354 e. The molecule has 0 radical (unpaired) electrons. The molecular weight excluding hydrogens is 236 g/mol. The van der Waals surface area contributed by atoms with Crippen molar-refractivity contribution in [2.45, 2.75) is 53.2 Å². The van der Waals surface area contributed by atoms with Gasteiger partial charge in [0, 0.05) is 37.9 Å². The molecule has 0 aromatic carbocycles. The quantitative estimate of drug-likeness (QED) is 0.733. The van der Waals surface area contributed by atoms with Gasteiger partial charge in [-0.25, -0.2) is 4.98 Å². The van der Waals surface area contributed by atoms with Crippen LogP contribution in [0.3, 0.4) is 0 Å². The molecule has 1 aromatic rings. The molecule has 0 spiro atoms. The number of imidazole rings is 1. The first-order valence-electron chi connectivity index (χ1n) is 7.10. The summed E-state index contributed by atoms with van der Waals surface area (Å²) in [4.78, 5) is 6.97. The topological polar surface area (TPSA) is 33.1 Å². The first kappa shape index (κ1) is 15.8. The molecule has 1 aromatic heterocycles. The van der Waals surface area contributed by atoms with Crippen molar-refractivity contribution in [3.63, 3.8) is 0 Å². The van der Waals surface area contributed by atoms with Crippen LogP contribution in [0.5, 0.6) is 0 Å². The van der Waals surface area contributed by atoms with Gasteiger partial charge < -0.3 is 9.88 Å². The van der Waals surface area contributed by atoms with Crippen molar-refractivity contribution >= 4 is 5.95 Å². The summed E-state index contributed by atoms with van der Waals surface area (Å²) in [6.07, 6.45) is 3.94. The molecular formula is C15H28N4. The molecule has 0 atom stereocenters. The van der Waals surface area contributed by atoms with Crippen molar-refractivity contribution in [3.8, 4) is 0 Å². The van der Waals surface area contributed by atoms with E-state index in [9.17, 15) is 0 Å². The first-order valence-corrected chi connectivity index (χ1v) is 7.10. The van der Waals surface area contributed by atoms with Gasteiger partial charge in [0.05, 0.1) is 5.69 Å². The van der Waals surface area contributed by atoms with E-state index in [1.54, 1.807) is 0 Å². The lowest BCUT2D eigenvalue weighted by Gasteiger charge is -2.30. The third kappa shape index (κ3) is 4.71. The van der Waals surface area contributed by atoms with Gasteiger partial charge in [0.1, 0.15) is 0 Å². The number of allylic oxidation sites excluding steroid dienone is 1. The molecule has 0 fully saturated rings. The Morgan fingerprint density at radius 2 is 2.00 bits per heavy atom. The van der Waals surface area contributed by atoms with E-state index in [0.29, 0.717) is 12.1 Å². The van der Waals surface area contributed by atoms with Crippen LogP contribution < -0.4 is 5.32 Å². The van der Waals surface area contributed by atoms with Gasteiger partial charge in [-0.3, -0.25) is 4.90 Å². The van der Waals surface area contributed by atoms with Crippen LogP contribution in [-0.4, -0.2) is 39.6 Å². The van der Waals surface area contributed by atoms with E-state index >= 15 is 0 Å². The van der Waals surface area contributed by atoms with E-state index in [1.165, 1.54) is 0 Å². The van der Waals surface area contributed by atoms with Crippen molar-refractivity contribution in [2.24, 2.45) is 0 Å². The number of anilines is 1. The van der Waals surface area contributed by atoms with Gasteiger partial charge in [-0.1, -0.05) is 6.08 Å². The van der Waals surface area contributed by atoms with Gasteiger partial charge in [0.25, 0.3) is 0 Å². The molecule has 0 unspecified atom stereocenters. The monoisotopic (exact) mass is 264 g/mol. The van der Waals surface area contributed by atoms with Crippen LogP contribution >= 0.6 is 0 Å². The van der Waals surface area contributed by atoms with Gasteiger partial charge >= 0.3 is 0 Å². The minimum atomic E-state index is 0.566. The normalized spacial score (nSPS) is 11.6. The molecule has 1 N–H and O–H groups in total. The Bertz CT molecular complexity index is 385. The summed E-state index contributed by atoms with van der Waals surface area (Å²) < 4.78 is 2.09. The maximum absolute atomic E-state index is 4.50. The van der Waals surface area contributed by atoms with E-state index in [4.69, 9.17) is 0 Å². The second-order valence-corrected chi connectivity index (χ2v) is 5.50. The molecule has 4 nitrogen and oxygen atoms in total. The highest BCUT2D eigenvalue weighted by atomic mass is 15.2. The van der Waals surface area contributed by atoms with Gasteiger partial charge in [-0.2, -0.15) is 0 Å². The molecule has 0 aliphatic heterocycles. The predicted octanol–water partition coefficient (Wildman–Crippen LogP) is 2.91. The summed E-state index contributed by atoms with van der Waals surface area (Å²) in [5, 5.41) is 3.42. The standard InChI is InChI=1S/C15H28N4/c1-7-9-18-11-14(6)17-15(18)16-8-10-19(12(2)3)13(4)5/h7,11-13H,1,8-10H2,2-6H3,(H,16,17). The van der Waals surface area contributed by atoms with Crippen molar-refractivity contribution in [1.82, 2.24) is 14.5 Å². The SMILES string of the molecule is C=CCn1cc(C)nc1NCCN(C(C)C)C(C)C. The summed E-state index contributed by atoms with van der Waals surface area (Å²) in [5.41, 5.74) is 1.04. The number of rotatable bonds is 8. The summed E-state index contributed by atoms with van der Waals surface area (Å²) in [5.74, 6) is 0.935. The molecule has 108 valence electrons. The van der Waals surface area contributed by atoms with E-state index in [2.05, 4.69) is 54.0 Å². The highest BCUT2D eigenvalue weighted by Gasteiger charge is 2.13. The Morgan fingerprint density at radius 1 is 1.37 bits per heavy atom. The molecule has 0 saturated heterocycles. The molecule has 0 bridgehead atoms. The fourth-order valence-electron chi connectivity index (χ4n) is 2.38. The van der Waals surface area contributed by atoms with Crippen LogP contribution in [0.2, 0.25) is 0 Å². The fourth-order valence-corrected chi connectivity index (χ4v) is 2.38. The van der Waals surface area contributed by atoms with Crippen molar-refractivity contribution in [1.29, 1.82) is 0 Å². The van der Waals surface area contributed by atoms with Gasteiger partial charge in [0.2, 0.25) is 5.95 Å². The van der Waals surface area contributed by atoms with Crippen LogP contribution in [0.4, 0.5) is 5.95 Å². The highest BCUT2D eigenvalue weighted by Crippen LogP contribution is 2.09. The molecule has 1 heterocycles. The maximum Gasteiger partial charge on any atom is 0.203 e. The van der Waals surface area contributed by atoms with Crippen molar-refractivity contribution < 1.29 is 0 Å². The van der Waals surface area contributed by atoms with Crippen LogP contribution in [0.1, 0.15) is 33.4 Å². The van der Waals surface area contributed by atoms with Crippen molar-refractivity contribution in [2.75, 3.05) is 18.4 Å². The lowest BCUT2D eigenvalue weighted by atomic mass is 10.2. The molecule has 0 amide bonds. The number of hydrogen-bond acceptors (Lipinski definition) is 3. The summed E-state index contributed by atoms with van der Waals surface area (Å²) >= 11 is 0. The molecule has 1 rings (SSSR count). The lowest BCUT2D eigenvalue weighted by molar-refractivity contribution is 0.182. The fraction of sp³-hybridized carbons (Fsp3) is 0.667. The average molecular weight is 264 g/mol. The number of hydrogen-bond donors (Lipinski definition) is 1.